The molecule has 1 unspecified atom stereocenters. The summed E-state index contributed by atoms with van der Waals surface area (Å²) in [5, 5.41) is 4.28. The van der Waals surface area contributed by atoms with Crippen LogP contribution in [-0.2, 0) is 11.3 Å². The normalized spacial score (nSPS) is 20.2. The highest BCUT2D eigenvalue weighted by atomic mass is 32.1. The zero-order chi connectivity index (χ0) is 17.8. The molecule has 2 heterocycles. The van der Waals surface area contributed by atoms with Gasteiger partial charge in [0.1, 0.15) is 5.01 Å². The molecule has 1 aromatic heterocycles. The first-order valence-corrected chi connectivity index (χ1v) is 10.1. The smallest absolute Gasteiger partial charge is 0.275 e. The fourth-order valence-electron chi connectivity index (χ4n) is 3.67. The molecule has 1 saturated heterocycles. The lowest BCUT2D eigenvalue weighted by molar-refractivity contribution is -0.898. The van der Waals surface area contributed by atoms with Crippen molar-refractivity contribution in [3.63, 3.8) is 0 Å². The van der Waals surface area contributed by atoms with Gasteiger partial charge in [0.25, 0.3) is 5.91 Å². The number of rotatable bonds is 5. The number of nitrogens with zero attached hydrogens (tertiary/aromatic N) is 1. The van der Waals surface area contributed by atoms with Crippen LogP contribution in [0, 0.1) is 0 Å². The number of piperidine rings is 1. The van der Waals surface area contributed by atoms with Gasteiger partial charge in [-0.15, -0.1) is 11.3 Å². The second-order valence-electron chi connectivity index (χ2n) is 7.00. The number of nitrogens with one attached hydrogen (secondary N) is 2. The van der Waals surface area contributed by atoms with Gasteiger partial charge in [-0.2, -0.15) is 0 Å². The molecule has 0 radical (unpaired) electrons. The number of carbonyl (C=O) groups excluding carboxylic acids is 1. The van der Waals surface area contributed by atoms with Gasteiger partial charge >= 0.3 is 0 Å². The molecule has 0 aliphatic carbocycles. The first-order chi connectivity index (χ1) is 12.8. The van der Waals surface area contributed by atoms with E-state index in [1.165, 1.54) is 21.0 Å². The van der Waals surface area contributed by atoms with E-state index in [2.05, 4.69) is 23.5 Å². The van der Waals surface area contributed by atoms with E-state index in [1.807, 2.05) is 47.7 Å². The van der Waals surface area contributed by atoms with E-state index in [9.17, 15) is 4.79 Å². The Kier molecular flexibility index (Phi) is 5.27. The number of quaternary nitrogens is 1. The summed E-state index contributed by atoms with van der Waals surface area (Å²) in [7, 11) is 0. The van der Waals surface area contributed by atoms with Gasteiger partial charge in [0, 0.05) is 6.54 Å². The molecule has 0 saturated carbocycles. The number of likely N-dealkylation sites (tertiary alicyclic amines) is 1. The van der Waals surface area contributed by atoms with Crippen molar-refractivity contribution < 1.29 is 9.69 Å². The zero-order valence-electron chi connectivity index (χ0n) is 14.8. The van der Waals surface area contributed by atoms with Crippen molar-refractivity contribution in [2.24, 2.45) is 0 Å². The Bertz CT molecular complexity index is 844. The van der Waals surface area contributed by atoms with Crippen LogP contribution in [0.4, 0.5) is 0 Å². The van der Waals surface area contributed by atoms with Crippen molar-refractivity contribution in [3.8, 4) is 0 Å². The summed E-state index contributed by atoms with van der Waals surface area (Å²) in [4.78, 5) is 18.5. The molecular formula is C21H24N3OS+. The highest BCUT2D eigenvalue weighted by molar-refractivity contribution is 7.18. The largest absolute Gasteiger partial charge is 0.347 e. The number of fused-ring (bicyclic) bond motifs is 1. The summed E-state index contributed by atoms with van der Waals surface area (Å²) in [6.07, 6.45) is 2.33. The number of hydrogen-bond donors (Lipinski definition) is 2. The van der Waals surface area contributed by atoms with Gasteiger partial charge in [0.2, 0.25) is 0 Å². The fourth-order valence-corrected chi connectivity index (χ4v) is 4.78. The van der Waals surface area contributed by atoms with Gasteiger partial charge in [-0.05, 0) is 30.5 Å². The maximum absolute atomic E-state index is 12.3. The van der Waals surface area contributed by atoms with E-state index < -0.39 is 0 Å². The van der Waals surface area contributed by atoms with Crippen LogP contribution in [0.3, 0.4) is 0 Å². The first-order valence-electron chi connectivity index (χ1n) is 9.27. The summed E-state index contributed by atoms with van der Waals surface area (Å²) < 4.78 is 1.26. The highest BCUT2D eigenvalue weighted by Crippen LogP contribution is 2.30. The van der Waals surface area contributed by atoms with Crippen LogP contribution in [0.5, 0.6) is 0 Å². The van der Waals surface area contributed by atoms with E-state index in [0.29, 0.717) is 19.0 Å². The van der Waals surface area contributed by atoms with Crippen LogP contribution in [0.15, 0.2) is 54.6 Å². The van der Waals surface area contributed by atoms with E-state index in [4.69, 9.17) is 4.98 Å². The average Bonchev–Trinajstić information content (AvgIpc) is 3.12. The molecule has 1 aliphatic rings. The van der Waals surface area contributed by atoms with Crippen LogP contribution in [0.2, 0.25) is 0 Å². The minimum atomic E-state index is 0.133. The molecule has 1 amide bonds. The average molecular weight is 367 g/mol. The molecule has 3 aromatic rings. The number of thiazole rings is 1. The summed E-state index contributed by atoms with van der Waals surface area (Å²) in [5.41, 5.74) is 2.24. The monoisotopic (exact) mass is 366 g/mol. The number of carbonyl (C=O) groups is 1. The lowest BCUT2D eigenvalue weighted by atomic mass is 9.99. The van der Waals surface area contributed by atoms with E-state index >= 15 is 0 Å². The van der Waals surface area contributed by atoms with E-state index in [0.717, 1.165) is 30.6 Å². The molecule has 26 heavy (non-hydrogen) atoms. The molecular weight excluding hydrogens is 342 g/mol. The Balaban J connectivity index is 1.33. The topological polar surface area (TPSA) is 46.4 Å². The molecule has 1 aliphatic heterocycles. The fraction of sp³-hybridized carbons (Fsp3) is 0.333. The van der Waals surface area contributed by atoms with E-state index in [1.54, 1.807) is 0 Å². The second-order valence-corrected chi connectivity index (χ2v) is 8.06. The molecule has 0 spiro atoms. The van der Waals surface area contributed by atoms with Crippen molar-refractivity contribution in [3.05, 3.63) is 65.2 Å². The van der Waals surface area contributed by atoms with Gasteiger partial charge in [0.05, 0.1) is 29.2 Å². The minimum absolute atomic E-state index is 0.133. The molecule has 1 fully saturated rings. The third-order valence-corrected chi connectivity index (χ3v) is 6.22. The number of para-hydroxylation sites is 1. The van der Waals surface area contributed by atoms with E-state index in [-0.39, 0.29) is 5.91 Å². The molecule has 0 bridgehead atoms. The van der Waals surface area contributed by atoms with Crippen molar-refractivity contribution >= 4 is 27.5 Å². The van der Waals surface area contributed by atoms with Gasteiger partial charge in [-0.1, -0.05) is 42.5 Å². The van der Waals surface area contributed by atoms with Gasteiger partial charge < -0.3 is 10.2 Å². The summed E-state index contributed by atoms with van der Waals surface area (Å²) >= 11 is 1.81. The maximum atomic E-state index is 12.3. The third-order valence-electron chi connectivity index (χ3n) is 5.02. The maximum Gasteiger partial charge on any atom is 0.275 e. The summed E-state index contributed by atoms with van der Waals surface area (Å²) in [6, 6.07) is 18.4. The standard InChI is InChI=1S/C21H23N3OS/c25-20(22-13-16-7-2-1-3-8-16)15-24-12-6-9-17(14-24)21-23-18-10-4-5-11-19(18)26-21/h1-5,7-8,10-11,17H,6,9,12-15H2,(H,22,25)/p+1/t17-/m1/s1. The molecule has 2 aromatic carbocycles. The van der Waals surface area contributed by atoms with Crippen molar-refractivity contribution in [1.82, 2.24) is 10.3 Å². The van der Waals surface area contributed by atoms with Crippen LogP contribution >= 0.6 is 11.3 Å². The van der Waals surface area contributed by atoms with Gasteiger partial charge in [0.15, 0.2) is 6.54 Å². The quantitative estimate of drug-likeness (QED) is 0.728. The summed E-state index contributed by atoms with van der Waals surface area (Å²) in [5.74, 6) is 0.604. The third kappa shape index (κ3) is 4.11. The molecule has 2 N–H and O–H groups in total. The number of hydrogen-bond acceptors (Lipinski definition) is 3. The minimum Gasteiger partial charge on any atom is -0.347 e. The Hall–Kier alpha value is -2.24. The van der Waals surface area contributed by atoms with Crippen LogP contribution in [0.25, 0.3) is 10.2 Å². The predicted octanol–water partition coefficient (Wildman–Crippen LogP) is 2.38. The Morgan fingerprint density at radius 1 is 1.15 bits per heavy atom. The number of aromatic nitrogens is 1. The highest BCUT2D eigenvalue weighted by Gasteiger charge is 2.28. The van der Waals surface area contributed by atoms with Crippen LogP contribution < -0.4 is 10.2 Å². The summed E-state index contributed by atoms with van der Waals surface area (Å²) in [6.45, 7) is 3.22. The molecule has 4 rings (SSSR count). The lowest BCUT2D eigenvalue weighted by Gasteiger charge is -2.28. The van der Waals surface area contributed by atoms with Gasteiger partial charge in [-0.25, -0.2) is 4.98 Å². The molecule has 2 atom stereocenters. The predicted molar refractivity (Wildman–Crippen MR) is 105 cm³/mol. The van der Waals surface area contributed by atoms with Gasteiger partial charge in [-0.3, -0.25) is 4.79 Å². The number of amides is 1. The molecule has 134 valence electrons. The van der Waals surface area contributed by atoms with Crippen LogP contribution in [-0.4, -0.2) is 30.5 Å². The SMILES string of the molecule is O=C(C[NH+]1CCC[C@@H](c2nc3ccccc3s2)C1)NCc1ccccc1. The molecule has 4 nitrogen and oxygen atoms in total. The lowest BCUT2D eigenvalue weighted by Crippen LogP contribution is -3.14. The van der Waals surface area contributed by atoms with Crippen molar-refractivity contribution in [1.29, 1.82) is 0 Å². The number of benzene rings is 2. The van der Waals surface area contributed by atoms with Crippen molar-refractivity contribution in [2.75, 3.05) is 19.6 Å². The Labute approximate surface area is 157 Å². The van der Waals surface area contributed by atoms with Crippen LogP contribution in [0.1, 0.15) is 29.3 Å². The second kappa shape index (κ2) is 7.98. The molecule has 5 heteroatoms. The Morgan fingerprint density at radius 2 is 1.96 bits per heavy atom. The van der Waals surface area contributed by atoms with Crippen molar-refractivity contribution in [2.45, 2.75) is 25.3 Å². The zero-order valence-corrected chi connectivity index (χ0v) is 15.6. The first kappa shape index (κ1) is 17.2. The Morgan fingerprint density at radius 3 is 2.81 bits per heavy atom.